The van der Waals surface area contributed by atoms with Crippen LogP contribution in [-0.4, -0.2) is 13.1 Å². The van der Waals surface area contributed by atoms with Crippen molar-refractivity contribution in [1.29, 1.82) is 0 Å². The second-order valence-corrected chi connectivity index (χ2v) is 5.56. The highest BCUT2D eigenvalue weighted by atomic mass is 16.5. The molecule has 0 aromatic carbocycles. The first kappa shape index (κ1) is 13.5. The number of methoxy groups -OCH3 is 1. The minimum atomic E-state index is -0.102. The van der Waals surface area contributed by atoms with Crippen LogP contribution in [-0.2, 0) is 9.53 Å². The van der Waals surface area contributed by atoms with E-state index in [1.807, 2.05) is 0 Å². The van der Waals surface area contributed by atoms with Gasteiger partial charge in [0.1, 0.15) is 0 Å². The Kier molecular flexibility index (Phi) is 4.63. The second kappa shape index (κ2) is 4.81. The van der Waals surface area contributed by atoms with Gasteiger partial charge in [-0.15, -0.1) is 0 Å². The van der Waals surface area contributed by atoms with E-state index < -0.39 is 0 Å². The maximum Gasteiger partial charge on any atom is 0.305 e. The molecule has 0 heterocycles. The topological polar surface area (TPSA) is 26.3 Å². The summed E-state index contributed by atoms with van der Waals surface area (Å²) >= 11 is 0. The minimum Gasteiger partial charge on any atom is -0.469 e. The van der Waals surface area contributed by atoms with Crippen molar-refractivity contribution in [3.8, 4) is 0 Å². The zero-order valence-corrected chi connectivity index (χ0v) is 10.4. The first-order valence-corrected chi connectivity index (χ1v) is 5.27. The summed E-state index contributed by atoms with van der Waals surface area (Å²) < 4.78 is 4.61. The van der Waals surface area contributed by atoms with Gasteiger partial charge in [-0.05, 0) is 23.7 Å². The van der Waals surface area contributed by atoms with Crippen LogP contribution in [0, 0.1) is 10.8 Å². The summed E-state index contributed by atoms with van der Waals surface area (Å²) in [5.41, 5.74) is 0.546. The molecule has 0 aliphatic rings. The van der Waals surface area contributed by atoms with Crippen LogP contribution in [0.15, 0.2) is 0 Å². The number of carbonyl (C=O) groups is 1. The van der Waals surface area contributed by atoms with Gasteiger partial charge in [-0.1, -0.05) is 34.6 Å². The zero-order valence-electron chi connectivity index (χ0n) is 10.4. The van der Waals surface area contributed by atoms with E-state index in [1.54, 1.807) is 0 Å². The molecule has 2 nitrogen and oxygen atoms in total. The Morgan fingerprint density at radius 1 is 1.14 bits per heavy atom. The second-order valence-electron chi connectivity index (χ2n) is 5.56. The van der Waals surface area contributed by atoms with E-state index in [4.69, 9.17) is 0 Å². The molecule has 0 amide bonds. The zero-order chi connectivity index (χ0) is 11.4. The third-order valence-electron chi connectivity index (χ3n) is 3.44. The molecule has 14 heavy (non-hydrogen) atoms. The third kappa shape index (κ3) is 4.12. The van der Waals surface area contributed by atoms with Crippen molar-refractivity contribution in [2.24, 2.45) is 10.8 Å². The number of carbonyl (C=O) groups excluding carboxylic acids is 1. The van der Waals surface area contributed by atoms with Gasteiger partial charge in [0, 0.05) is 6.42 Å². The summed E-state index contributed by atoms with van der Waals surface area (Å²) in [7, 11) is 1.44. The lowest BCUT2D eigenvalue weighted by Gasteiger charge is -2.39. The number of hydrogen-bond acceptors (Lipinski definition) is 2. The normalized spacial score (nSPS) is 12.7. The fourth-order valence-corrected chi connectivity index (χ4v) is 1.15. The molecule has 0 rings (SSSR count). The van der Waals surface area contributed by atoms with Crippen LogP contribution < -0.4 is 0 Å². The van der Waals surface area contributed by atoms with Gasteiger partial charge in [-0.3, -0.25) is 4.79 Å². The van der Waals surface area contributed by atoms with E-state index in [-0.39, 0.29) is 16.8 Å². The van der Waals surface area contributed by atoms with Gasteiger partial charge in [0.15, 0.2) is 0 Å². The largest absolute Gasteiger partial charge is 0.469 e. The Bertz CT molecular complexity index is 187. The predicted molar refractivity (Wildman–Crippen MR) is 59.1 cm³/mol. The summed E-state index contributed by atoms with van der Waals surface area (Å²) in [6.45, 7) is 11.2. The van der Waals surface area contributed by atoms with Gasteiger partial charge in [0.2, 0.25) is 0 Å². The number of rotatable bonds is 4. The Morgan fingerprint density at radius 2 is 1.64 bits per heavy atom. The molecule has 0 bridgehead atoms. The van der Waals surface area contributed by atoms with Gasteiger partial charge in [0.25, 0.3) is 0 Å². The minimum absolute atomic E-state index is 0.102. The highest BCUT2D eigenvalue weighted by molar-refractivity contribution is 5.68. The van der Waals surface area contributed by atoms with Gasteiger partial charge >= 0.3 is 5.97 Å². The summed E-state index contributed by atoms with van der Waals surface area (Å²) in [5, 5.41) is 0. The lowest BCUT2D eigenvalue weighted by molar-refractivity contribution is -0.140. The maximum absolute atomic E-state index is 10.9. The van der Waals surface area contributed by atoms with E-state index >= 15 is 0 Å². The summed E-state index contributed by atoms with van der Waals surface area (Å²) in [5.74, 6) is -0.102. The van der Waals surface area contributed by atoms with Crippen molar-refractivity contribution in [2.45, 2.75) is 53.9 Å². The quantitative estimate of drug-likeness (QED) is 0.650. The first-order valence-electron chi connectivity index (χ1n) is 5.27. The standard InChI is InChI=1S/C12H24O2/c1-11(2,3)12(4,5)9-7-8-10(13)14-6/h7-9H2,1-6H3. The van der Waals surface area contributed by atoms with Crippen molar-refractivity contribution in [3.63, 3.8) is 0 Å². The summed E-state index contributed by atoms with van der Waals surface area (Å²) in [6.07, 6.45) is 2.51. The molecule has 0 aromatic rings. The molecular formula is C12H24O2. The van der Waals surface area contributed by atoms with Gasteiger partial charge in [-0.2, -0.15) is 0 Å². The average molecular weight is 200 g/mol. The highest BCUT2D eigenvalue weighted by Gasteiger charge is 2.31. The Labute approximate surface area is 88.0 Å². The number of esters is 1. The number of hydrogen-bond donors (Lipinski definition) is 0. The molecular weight excluding hydrogens is 176 g/mol. The molecule has 84 valence electrons. The van der Waals surface area contributed by atoms with Crippen molar-refractivity contribution >= 4 is 5.97 Å². The molecule has 0 aliphatic carbocycles. The maximum atomic E-state index is 10.9. The Balaban J connectivity index is 3.95. The molecule has 0 radical (unpaired) electrons. The fourth-order valence-electron chi connectivity index (χ4n) is 1.15. The third-order valence-corrected chi connectivity index (χ3v) is 3.44. The van der Waals surface area contributed by atoms with Crippen LogP contribution in [0.2, 0.25) is 0 Å². The van der Waals surface area contributed by atoms with Gasteiger partial charge < -0.3 is 4.74 Å². The fraction of sp³-hybridized carbons (Fsp3) is 0.917. The first-order chi connectivity index (χ1) is 6.20. The molecule has 2 heteroatoms. The van der Waals surface area contributed by atoms with Crippen LogP contribution in [0.5, 0.6) is 0 Å². The number of ether oxygens (including phenoxy) is 1. The lowest BCUT2D eigenvalue weighted by atomic mass is 9.67. The molecule has 0 aliphatic heterocycles. The van der Waals surface area contributed by atoms with Crippen molar-refractivity contribution in [1.82, 2.24) is 0 Å². The molecule has 0 spiro atoms. The van der Waals surface area contributed by atoms with E-state index in [2.05, 4.69) is 39.4 Å². The van der Waals surface area contributed by atoms with E-state index in [9.17, 15) is 4.79 Å². The van der Waals surface area contributed by atoms with Crippen LogP contribution in [0.25, 0.3) is 0 Å². The predicted octanol–water partition coefficient (Wildman–Crippen LogP) is 3.40. The van der Waals surface area contributed by atoms with Crippen LogP contribution in [0.3, 0.4) is 0 Å². The molecule has 0 saturated heterocycles. The van der Waals surface area contributed by atoms with E-state index in [0.29, 0.717) is 6.42 Å². The van der Waals surface area contributed by atoms with Gasteiger partial charge in [0.05, 0.1) is 7.11 Å². The molecule has 0 aromatic heterocycles. The van der Waals surface area contributed by atoms with Crippen LogP contribution in [0.1, 0.15) is 53.9 Å². The average Bonchev–Trinajstić information content (AvgIpc) is 2.01. The molecule has 0 N–H and O–H groups in total. The molecule has 0 fully saturated rings. The molecule has 0 unspecified atom stereocenters. The molecule has 0 saturated carbocycles. The van der Waals surface area contributed by atoms with Crippen LogP contribution in [0.4, 0.5) is 0 Å². The SMILES string of the molecule is COC(=O)CCCC(C)(C)C(C)(C)C. The van der Waals surface area contributed by atoms with E-state index in [0.717, 1.165) is 12.8 Å². The highest BCUT2D eigenvalue weighted by Crippen LogP contribution is 2.41. The Morgan fingerprint density at radius 3 is 2.00 bits per heavy atom. The van der Waals surface area contributed by atoms with Gasteiger partial charge in [-0.25, -0.2) is 0 Å². The summed E-state index contributed by atoms with van der Waals surface area (Å²) in [4.78, 5) is 10.9. The van der Waals surface area contributed by atoms with Crippen molar-refractivity contribution < 1.29 is 9.53 Å². The lowest BCUT2D eigenvalue weighted by Crippen LogP contribution is -2.29. The van der Waals surface area contributed by atoms with Crippen molar-refractivity contribution in [2.75, 3.05) is 7.11 Å². The molecule has 0 atom stereocenters. The monoisotopic (exact) mass is 200 g/mol. The Hall–Kier alpha value is -0.530. The van der Waals surface area contributed by atoms with Crippen LogP contribution >= 0.6 is 0 Å². The van der Waals surface area contributed by atoms with Crippen molar-refractivity contribution in [3.05, 3.63) is 0 Å². The smallest absolute Gasteiger partial charge is 0.305 e. The van der Waals surface area contributed by atoms with E-state index in [1.165, 1.54) is 7.11 Å². The summed E-state index contributed by atoms with van der Waals surface area (Å²) in [6, 6.07) is 0.